The molecule has 3 aromatic rings. The Hall–Kier alpha value is -3.00. The standard InChI is InChI=1S/C20H19FN4O2S/c21-15-3-1-2-13(10-15)19(27)25-7-4-16(5-8-25)22-20-23-17(11-18(26)24-20)14-6-9-28-12-14/h1-3,6,9-12,16H,4-5,7-8H2,(H2,22,23,24,26). The molecule has 3 heterocycles. The molecule has 0 unspecified atom stereocenters. The first kappa shape index (κ1) is 18.4. The van der Waals surface area contributed by atoms with Crippen LogP contribution in [0.1, 0.15) is 23.2 Å². The number of nitrogens with one attached hydrogen (secondary N) is 2. The van der Waals surface area contributed by atoms with Crippen molar-refractivity contribution in [1.29, 1.82) is 0 Å². The van der Waals surface area contributed by atoms with Crippen LogP contribution in [0.25, 0.3) is 11.3 Å². The van der Waals surface area contributed by atoms with E-state index >= 15 is 0 Å². The molecular formula is C20H19FN4O2S. The number of H-pyrrole nitrogens is 1. The molecule has 6 nitrogen and oxygen atoms in total. The largest absolute Gasteiger partial charge is 0.353 e. The first-order chi connectivity index (χ1) is 13.6. The van der Waals surface area contributed by atoms with Crippen molar-refractivity contribution in [3.63, 3.8) is 0 Å². The van der Waals surface area contributed by atoms with Crippen molar-refractivity contribution in [1.82, 2.24) is 14.9 Å². The van der Waals surface area contributed by atoms with E-state index in [1.165, 1.54) is 18.2 Å². The highest BCUT2D eigenvalue weighted by Crippen LogP contribution is 2.21. The summed E-state index contributed by atoms with van der Waals surface area (Å²) in [5, 5.41) is 7.16. The van der Waals surface area contributed by atoms with E-state index in [2.05, 4.69) is 15.3 Å². The summed E-state index contributed by atoms with van der Waals surface area (Å²) in [6.07, 6.45) is 1.43. The topological polar surface area (TPSA) is 78.1 Å². The van der Waals surface area contributed by atoms with Gasteiger partial charge in [0.05, 0.1) is 5.69 Å². The Morgan fingerprint density at radius 3 is 2.79 bits per heavy atom. The van der Waals surface area contributed by atoms with Crippen molar-refractivity contribution in [3.05, 3.63) is 68.9 Å². The number of amides is 1. The second-order valence-corrected chi connectivity index (χ2v) is 7.49. The van der Waals surface area contributed by atoms with Gasteiger partial charge in [0.25, 0.3) is 11.5 Å². The molecule has 1 aromatic carbocycles. The predicted molar refractivity (Wildman–Crippen MR) is 107 cm³/mol. The maximum Gasteiger partial charge on any atom is 0.253 e. The lowest BCUT2D eigenvalue weighted by atomic mass is 10.0. The Labute approximate surface area is 165 Å². The number of carbonyl (C=O) groups excluding carboxylic acids is 1. The summed E-state index contributed by atoms with van der Waals surface area (Å²) < 4.78 is 13.4. The van der Waals surface area contributed by atoms with Gasteiger partial charge in [0.15, 0.2) is 0 Å². The molecule has 1 saturated heterocycles. The summed E-state index contributed by atoms with van der Waals surface area (Å²) in [4.78, 5) is 33.4. The SMILES string of the molecule is O=C(c1cccc(F)c1)N1CCC(Nc2nc(-c3ccsc3)cc(=O)[nH]2)CC1. The number of thiophene rings is 1. The Morgan fingerprint density at radius 1 is 1.25 bits per heavy atom. The molecule has 0 spiro atoms. The number of carbonyl (C=O) groups is 1. The zero-order chi connectivity index (χ0) is 19.5. The number of hydrogen-bond donors (Lipinski definition) is 2. The summed E-state index contributed by atoms with van der Waals surface area (Å²) in [5.74, 6) is -0.143. The van der Waals surface area contributed by atoms with Gasteiger partial charge in [-0.25, -0.2) is 9.37 Å². The van der Waals surface area contributed by atoms with Crippen molar-refractivity contribution in [3.8, 4) is 11.3 Å². The van der Waals surface area contributed by atoms with Crippen LogP contribution < -0.4 is 10.9 Å². The molecule has 2 N–H and O–H groups in total. The zero-order valence-corrected chi connectivity index (χ0v) is 15.8. The molecule has 1 aliphatic heterocycles. The van der Waals surface area contributed by atoms with Gasteiger partial charge in [-0.3, -0.25) is 14.6 Å². The van der Waals surface area contributed by atoms with Crippen LogP contribution in [0.3, 0.4) is 0 Å². The number of aromatic nitrogens is 2. The van der Waals surface area contributed by atoms with Gasteiger partial charge in [-0.05, 0) is 42.5 Å². The van der Waals surface area contributed by atoms with Crippen LogP contribution in [0.15, 0.2) is 52.0 Å². The molecule has 0 aliphatic carbocycles. The van der Waals surface area contributed by atoms with Gasteiger partial charge in [0, 0.05) is 41.7 Å². The number of aromatic amines is 1. The van der Waals surface area contributed by atoms with E-state index in [4.69, 9.17) is 0 Å². The zero-order valence-electron chi connectivity index (χ0n) is 15.0. The minimum absolute atomic E-state index is 0.0948. The molecule has 4 rings (SSSR count). The fourth-order valence-electron chi connectivity index (χ4n) is 3.31. The van der Waals surface area contributed by atoms with E-state index in [-0.39, 0.29) is 17.5 Å². The van der Waals surface area contributed by atoms with Gasteiger partial charge in [0.2, 0.25) is 5.95 Å². The minimum Gasteiger partial charge on any atom is -0.353 e. The molecular weight excluding hydrogens is 379 g/mol. The highest BCUT2D eigenvalue weighted by atomic mass is 32.1. The molecule has 0 radical (unpaired) electrons. The van der Waals surface area contributed by atoms with Crippen LogP contribution in [-0.4, -0.2) is 39.9 Å². The Morgan fingerprint density at radius 2 is 2.07 bits per heavy atom. The van der Waals surface area contributed by atoms with Crippen LogP contribution >= 0.6 is 11.3 Å². The van der Waals surface area contributed by atoms with Crippen molar-refractivity contribution in [2.75, 3.05) is 18.4 Å². The molecule has 28 heavy (non-hydrogen) atoms. The van der Waals surface area contributed by atoms with Gasteiger partial charge >= 0.3 is 0 Å². The maximum absolute atomic E-state index is 13.4. The molecule has 0 saturated carbocycles. The van der Waals surface area contributed by atoms with Gasteiger partial charge in [-0.2, -0.15) is 11.3 Å². The van der Waals surface area contributed by atoms with E-state index in [1.54, 1.807) is 28.4 Å². The summed E-state index contributed by atoms with van der Waals surface area (Å²) in [5.41, 5.74) is 1.69. The van der Waals surface area contributed by atoms with Gasteiger partial charge in [0.1, 0.15) is 5.82 Å². The summed E-state index contributed by atoms with van der Waals surface area (Å²) >= 11 is 1.55. The van der Waals surface area contributed by atoms with E-state index in [0.717, 1.165) is 5.56 Å². The van der Waals surface area contributed by atoms with Gasteiger partial charge in [-0.15, -0.1) is 0 Å². The van der Waals surface area contributed by atoms with Crippen LogP contribution in [0, 0.1) is 5.82 Å². The monoisotopic (exact) mass is 398 g/mol. The smallest absolute Gasteiger partial charge is 0.253 e. The molecule has 8 heteroatoms. The summed E-state index contributed by atoms with van der Waals surface area (Å²) in [7, 11) is 0. The highest BCUT2D eigenvalue weighted by Gasteiger charge is 2.24. The fourth-order valence-corrected chi connectivity index (χ4v) is 3.96. The number of rotatable bonds is 4. The van der Waals surface area contributed by atoms with Crippen molar-refractivity contribution in [2.45, 2.75) is 18.9 Å². The lowest BCUT2D eigenvalue weighted by molar-refractivity contribution is 0.0718. The molecule has 144 valence electrons. The molecule has 2 aromatic heterocycles. The third kappa shape index (κ3) is 4.12. The number of anilines is 1. The van der Waals surface area contributed by atoms with E-state index < -0.39 is 5.82 Å². The Bertz CT molecular complexity index is 1030. The average Bonchev–Trinajstić information content (AvgIpc) is 3.22. The van der Waals surface area contributed by atoms with Crippen LogP contribution in [0.4, 0.5) is 10.3 Å². The van der Waals surface area contributed by atoms with Gasteiger partial charge < -0.3 is 10.2 Å². The fraction of sp³-hybridized carbons (Fsp3) is 0.250. The number of hydrogen-bond acceptors (Lipinski definition) is 5. The van der Waals surface area contributed by atoms with Crippen LogP contribution in [0.5, 0.6) is 0 Å². The highest BCUT2D eigenvalue weighted by molar-refractivity contribution is 7.08. The number of benzene rings is 1. The quantitative estimate of drug-likeness (QED) is 0.707. The predicted octanol–water partition coefficient (Wildman–Crippen LogP) is 3.35. The number of piperidine rings is 1. The van der Waals surface area contributed by atoms with E-state index in [0.29, 0.717) is 43.1 Å². The number of nitrogens with zero attached hydrogens (tertiary/aromatic N) is 2. The lowest BCUT2D eigenvalue weighted by Gasteiger charge is -2.32. The molecule has 1 aliphatic rings. The average molecular weight is 398 g/mol. The van der Waals surface area contributed by atoms with E-state index in [1.807, 2.05) is 16.8 Å². The van der Waals surface area contributed by atoms with Crippen LogP contribution in [0.2, 0.25) is 0 Å². The first-order valence-electron chi connectivity index (χ1n) is 9.04. The maximum atomic E-state index is 13.4. The molecule has 0 bridgehead atoms. The Balaban J connectivity index is 1.40. The molecule has 0 atom stereocenters. The second kappa shape index (κ2) is 7.93. The lowest BCUT2D eigenvalue weighted by Crippen LogP contribution is -2.42. The van der Waals surface area contributed by atoms with Crippen molar-refractivity contribution < 1.29 is 9.18 Å². The molecule has 1 fully saturated rings. The third-order valence-corrected chi connectivity index (χ3v) is 5.44. The van der Waals surface area contributed by atoms with Crippen molar-refractivity contribution >= 4 is 23.2 Å². The van der Waals surface area contributed by atoms with Crippen molar-refractivity contribution in [2.24, 2.45) is 0 Å². The van der Waals surface area contributed by atoms with E-state index in [9.17, 15) is 14.0 Å². The Kier molecular flexibility index (Phi) is 5.21. The summed E-state index contributed by atoms with van der Waals surface area (Å²) in [6.45, 7) is 1.11. The normalized spacial score (nSPS) is 14.8. The molecule has 1 amide bonds. The first-order valence-corrected chi connectivity index (χ1v) is 9.98. The van der Waals surface area contributed by atoms with Gasteiger partial charge in [-0.1, -0.05) is 6.07 Å². The number of halogens is 1. The second-order valence-electron chi connectivity index (χ2n) is 6.71. The summed E-state index contributed by atoms with van der Waals surface area (Å²) in [6, 6.07) is 9.25. The minimum atomic E-state index is -0.414. The van der Waals surface area contributed by atoms with Crippen LogP contribution in [-0.2, 0) is 0 Å². The third-order valence-electron chi connectivity index (χ3n) is 4.75. The number of likely N-dealkylation sites (tertiary alicyclic amines) is 1.